The van der Waals surface area contributed by atoms with Crippen LogP contribution in [0.15, 0.2) is 72.8 Å². The number of nitrogens with one attached hydrogen (secondary N) is 1. The Hall–Kier alpha value is -3.42. The van der Waals surface area contributed by atoms with Gasteiger partial charge in [0.15, 0.2) is 0 Å². The van der Waals surface area contributed by atoms with E-state index in [1.54, 1.807) is 30.2 Å². The molecule has 8 heteroatoms. The highest BCUT2D eigenvalue weighted by molar-refractivity contribution is 6.33. The molecule has 3 atom stereocenters. The molecule has 2 aliphatic heterocycles. The van der Waals surface area contributed by atoms with Crippen molar-refractivity contribution in [2.75, 3.05) is 39.8 Å². The van der Waals surface area contributed by atoms with E-state index in [-0.39, 0.29) is 28.4 Å². The Morgan fingerprint density at radius 1 is 1.00 bits per heavy atom. The predicted octanol–water partition coefficient (Wildman–Crippen LogP) is 5.05. The van der Waals surface area contributed by atoms with E-state index in [1.807, 2.05) is 42.5 Å². The SMILES string of the molecule is COc1cccc(C(=O)NC(CCN2CC3CN(C(=O)c4c(F)cccc4Cl)C[C@@H]3C2)c2ccccc2)c1. The van der Waals surface area contributed by atoms with Crippen molar-refractivity contribution in [3.8, 4) is 5.75 Å². The largest absolute Gasteiger partial charge is 0.497 e. The maximum atomic E-state index is 14.3. The number of likely N-dealkylation sites (tertiary alicyclic amines) is 2. The van der Waals surface area contributed by atoms with Gasteiger partial charge in [-0.3, -0.25) is 9.59 Å². The molecule has 0 spiro atoms. The van der Waals surface area contributed by atoms with Crippen LogP contribution in [0.1, 0.15) is 38.7 Å². The molecule has 2 aliphatic rings. The van der Waals surface area contributed by atoms with E-state index >= 15 is 0 Å². The molecule has 3 aromatic rings. The van der Waals surface area contributed by atoms with E-state index in [0.717, 1.165) is 31.6 Å². The van der Waals surface area contributed by atoms with Crippen molar-refractivity contribution in [2.45, 2.75) is 12.5 Å². The maximum Gasteiger partial charge on any atom is 0.258 e. The summed E-state index contributed by atoms with van der Waals surface area (Å²) in [5, 5.41) is 3.35. The lowest BCUT2D eigenvalue weighted by Gasteiger charge is -2.25. The zero-order valence-electron chi connectivity index (χ0n) is 21.3. The van der Waals surface area contributed by atoms with E-state index in [0.29, 0.717) is 36.2 Å². The first-order valence-electron chi connectivity index (χ1n) is 12.9. The minimum atomic E-state index is -0.580. The van der Waals surface area contributed by atoms with Gasteiger partial charge in [0.2, 0.25) is 0 Å². The molecule has 2 unspecified atom stereocenters. The van der Waals surface area contributed by atoms with Gasteiger partial charge in [-0.1, -0.05) is 54.1 Å². The summed E-state index contributed by atoms with van der Waals surface area (Å²) in [7, 11) is 1.58. The van der Waals surface area contributed by atoms with Crippen LogP contribution in [0.3, 0.4) is 0 Å². The summed E-state index contributed by atoms with van der Waals surface area (Å²) < 4.78 is 19.6. The molecular formula is C30H31ClFN3O3. The van der Waals surface area contributed by atoms with Gasteiger partial charge in [-0.15, -0.1) is 0 Å². The molecule has 0 aliphatic carbocycles. The Balaban J connectivity index is 1.20. The van der Waals surface area contributed by atoms with Crippen molar-refractivity contribution in [2.24, 2.45) is 11.8 Å². The Kier molecular flexibility index (Phi) is 7.95. The molecule has 38 heavy (non-hydrogen) atoms. The van der Waals surface area contributed by atoms with E-state index in [2.05, 4.69) is 10.2 Å². The molecule has 0 aromatic heterocycles. The first-order valence-corrected chi connectivity index (χ1v) is 13.3. The summed E-state index contributed by atoms with van der Waals surface area (Å²) in [6, 6.07) is 21.3. The highest BCUT2D eigenvalue weighted by atomic mass is 35.5. The van der Waals surface area contributed by atoms with E-state index in [9.17, 15) is 14.0 Å². The quantitative estimate of drug-likeness (QED) is 0.438. The van der Waals surface area contributed by atoms with Crippen molar-refractivity contribution in [3.05, 3.63) is 100 Å². The topological polar surface area (TPSA) is 61.9 Å². The Labute approximate surface area is 227 Å². The second-order valence-electron chi connectivity index (χ2n) is 10.0. The van der Waals surface area contributed by atoms with Gasteiger partial charge in [0, 0.05) is 38.3 Å². The zero-order chi connectivity index (χ0) is 26.6. The highest BCUT2D eigenvalue weighted by Gasteiger charge is 2.42. The van der Waals surface area contributed by atoms with Gasteiger partial charge < -0.3 is 19.9 Å². The highest BCUT2D eigenvalue weighted by Crippen LogP contribution is 2.34. The van der Waals surface area contributed by atoms with Crippen LogP contribution in [0.2, 0.25) is 5.02 Å². The average molecular weight is 536 g/mol. The molecule has 0 radical (unpaired) electrons. The summed E-state index contributed by atoms with van der Waals surface area (Å²) in [6.07, 6.45) is 0.757. The number of amides is 2. The number of ether oxygens (including phenoxy) is 1. The van der Waals surface area contributed by atoms with Gasteiger partial charge in [-0.25, -0.2) is 4.39 Å². The first-order chi connectivity index (χ1) is 18.4. The van der Waals surface area contributed by atoms with Gasteiger partial charge >= 0.3 is 0 Å². The molecular weight excluding hydrogens is 505 g/mol. The fourth-order valence-corrected chi connectivity index (χ4v) is 5.87. The van der Waals surface area contributed by atoms with Crippen molar-refractivity contribution in [1.82, 2.24) is 15.1 Å². The normalized spacial score (nSPS) is 19.7. The number of carbonyl (C=O) groups excluding carboxylic acids is 2. The van der Waals surface area contributed by atoms with Gasteiger partial charge in [0.05, 0.1) is 23.7 Å². The lowest BCUT2D eigenvalue weighted by molar-refractivity contribution is 0.0769. The molecule has 3 aromatic carbocycles. The van der Waals surface area contributed by atoms with Crippen LogP contribution >= 0.6 is 11.6 Å². The van der Waals surface area contributed by atoms with Crippen molar-refractivity contribution >= 4 is 23.4 Å². The van der Waals surface area contributed by atoms with Crippen LogP contribution in [-0.2, 0) is 0 Å². The Morgan fingerprint density at radius 3 is 2.39 bits per heavy atom. The second-order valence-corrected chi connectivity index (χ2v) is 10.5. The van der Waals surface area contributed by atoms with Gasteiger partial charge in [-0.05, 0) is 54.2 Å². The molecule has 6 nitrogen and oxygen atoms in total. The Bertz CT molecular complexity index is 1270. The van der Waals surface area contributed by atoms with E-state index < -0.39 is 5.82 Å². The first kappa shape index (κ1) is 26.2. The minimum Gasteiger partial charge on any atom is -0.497 e. The zero-order valence-corrected chi connectivity index (χ0v) is 22.0. The molecule has 1 N–H and O–H groups in total. The maximum absolute atomic E-state index is 14.3. The van der Waals surface area contributed by atoms with Crippen LogP contribution in [0.4, 0.5) is 4.39 Å². The number of nitrogens with zero attached hydrogens (tertiary/aromatic N) is 2. The number of hydrogen-bond acceptors (Lipinski definition) is 4. The third-order valence-corrected chi connectivity index (χ3v) is 7.91. The number of carbonyl (C=O) groups is 2. The molecule has 0 bridgehead atoms. The third-order valence-electron chi connectivity index (χ3n) is 7.60. The monoisotopic (exact) mass is 535 g/mol. The Morgan fingerprint density at radius 2 is 1.71 bits per heavy atom. The average Bonchev–Trinajstić information content (AvgIpc) is 3.50. The third kappa shape index (κ3) is 5.69. The molecule has 0 saturated carbocycles. The number of fused-ring (bicyclic) bond motifs is 1. The molecule has 2 heterocycles. The second kappa shape index (κ2) is 11.5. The summed E-state index contributed by atoms with van der Waals surface area (Å²) in [5.74, 6) is 0.263. The lowest BCUT2D eigenvalue weighted by Crippen LogP contribution is -2.35. The van der Waals surface area contributed by atoms with Crippen molar-refractivity contribution < 1.29 is 18.7 Å². The van der Waals surface area contributed by atoms with Crippen LogP contribution in [0.5, 0.6) is 5.75 Å². The summed E-state index contributed by atoms with van der Waals surface area (Å²) in [6.45, 7) is 3.74. The number of halogens is 2. The predicted molar refractivity (Wildman–Crippen MR) is 145 cm³/mol. The van der Waals surface area contributed by atoms with E-state index in [4.69, 9.17) is 16.3 Å². The van der Waals surface area contributed by atoms with Crippen molar-refractivity contribution in [3.63, 3.8) is 0 Å². The number of methoxy groups -OCH3 is 1. The van der Waals surface area contributed by atoms with Crippen LogP contribution in [0, 0.1) is 17.7 Å². The van der Waals surface area contributed by atoms with Gasteiger partial charge in [0.1, 0.15) is 11.6 Å². The molecule has 2 amide bonds. The number of hydrogen-bond donors (Lipinski definition) is 1. The fraction of sp³-hybridized carbons (Fsp3) is 0.333. The summed E-state index contributed by atoms with van der Waals surface area (Å²) >= 11 is 6.13. The standard InChI is InChI=1S/C30H31ClFN3O3/c1-38-24-10-5-9-21(15-24)29(36)33-27(20-7-3-2-4-8-20)13-14-34-16-22-18-35(19-23(22)17-34)30(37)28-25(31)11-6-12-26(28)32/h2-12,15,22-23,27H,13-14,16-19H2,1H3,(H,33,36)/t22-,23?,27?/m0/s1. The fourth-order valence-electron chi connectivity index (χ4n) is 5.62. The van der Waals surface area contributed by atoms with Crippen molar-refractivity contribution in [1.29, 1.82) is 0 Å². The molecule has 2 fully saturated rings. The van der Waals surface area contributed by atoms with Crippen LogP contribution in [0.25, 0.3) is 0 Å². The number of benzene rings is 3. The minimum absolute atomic E-state index is 0.0384. The lowest BCUT2D eigenvalue weighted by atomic mass is 10.0. The summed E-state index contributed by atoms with van der Waals surface area (Å²) in [5.41, 5.74) is 1.57. The molecule has 198 valence electrons. The number of rotatable bonds is 8. The molecule has 5 rings (SSSR count). The summed E-state index contributed by atoms with van der Waals surface area (Å²) in [4.78, 5) is 30.2. The van der Waals surface area contributed by atoms with Gasteiger partial charge in [0.25, 0.3) is 11.8 Å². The molecule has 2 saturated heterocycles. The van der Waals surface area contributed by atoms with Crippen LogP contribution in [-0.4, -0.2) is 61.4 Å². The van der Waals surface area contributed by atoms with Gasteiger partial charge in [-0.2, -0.15) is 0 Å². The van der Waals surface area contributed by atoms with E-state index in [1.165, 1.54) is 12.1 Å². The smallest absolute Gasteiger partial charge is 0.258 e. The van der Waals surface area contributed by atoms with Crippen LogP contribution < -0.4 is 10.1 Å².